The van der Waals surface area contributed by atoms with Crippen molar-refractivity contribution in [1.29, 1.82) is 0 Å². The van der Waals surface area contributed by atoms with Crippen molar-refractivity contribution in [2.45, 2.75) is 30.6 Å². The van der Waals surface area contributed by atoms with E-state index in [1.54, 1.807) is 6.07 Å². The van der Waals surface area contributed by atoms with E-state index in [1.165, 1.54) is 19.3 Å². The van der Waals surface area contributed by atoms with E-state index in [0.29, 0.717) is 21.6 Å². The molecule has 16 heavy (non-hydrogen) atoms. The lowest BCUT2D eigenvalue weighted by Crippen LogP contribution is -2.26. The van der Waals surface area contributed by atoms with Gasteiger partial charge in [-0.1, -0.05) is 29.6 Å². The molecule has 0 spiro atoms. The molecule has 1 aliphatic carbocycles. The number of nitrogens with zero attached hydrogens (tertiary/aromatic N) is 2. The summed E-state index contributed by atoms with van der Waals surface area (Å²) in [6.45, 7) is 0. The molecule has 88 valence electrons. The van der Waals surface area contributed by atoms with E-state index in [4.69, 9.17) is 23.2 Å². The average molecular weight is 278 g/mol. The molecule has 2 rings (SSSR count). The molecule has 0 aliphatic heterocycles. The van der Waals surface area contributed by atoms with Crippen LogP contribution in [0, 0.1) is 0 Å². The van der Waals surface area contributed by atoms with E-state index in [-0.39, 0.29) is 0 Å². The number of aromatic nitrogens is 2. The van der Waals surface area contributed by atoms with Gasteiger partial charge in [0.1, 0.15) is 0 Å². The van der Waals surface area contributed by atoms with Gasteiger partial charge in [0.05, 0.1) is 5.69 Å². The van der Waals surface area contributed by atoms with Crippen molar-refractivity contribution >= 4 is 40.7 Å². The highest BCUT2D eigenvalue weighted by atomic mass is 35.5. The molecule has 0 aromatic carbocycles. The van der Waals surface area contributed by atoms with Gasteiger partial charge in [0.25, 0.3) is 0 Å². The number of nitrogens with one attached hydrogen (secondary N) is 1. The fraction of sp³-hybridized carbons (Fsp3) is 0.600. The number of halogens is 2. The highest BCUT2D eigenvalue weighted by Crippen LogP contribution is 2.32. The summed E-state index contributed by atoms with van der Waals surface area (Å²) in [5.74, 6) is 0. The van der Waals surface area contributed by atoms with E-state index in [0.717, 1.165) is 5.69 Å². The van der Waals surface area contributed by atoms with Gasteiger partial charge in [-0.3, -0.25) is 0 Å². The molecule has 6 heteroatoms. The molecule has 1 aromatic heterocycles. The minimum absolute atomic E-state index is 0.366. The third-order valence-corrected chi connectivity index (χ3v) is 4.45. The third-order valence-electron chi connectivity index (χ3n) is 2.82. The van der Waals surface area contributed by atoms with E-state index < -0.39 is 0 Å². The number of hydrogen-bond donors (Lipinski definition) is 1. The molecule has 0 radical (unpaired) electrons. The van der Waals surface area contributed by atoms with Crippen LogP contribution in [0.2, 0.25) is 10.3 Å². The van der Waals surface area contributed by atoms with Gasteiger partial charge >= 0.3 is 0 Å². The Morgan fingerprint density at radius 1 is 1.38 bits per heavy atom. The summed E-state index contributed by atoms with van der Waals surface area (Å²) in [6.07, 6.45) is 5.82. The Kier molecular flexibility index (Phi) is 4.16. The summed E-state index contributed by atoms with van der Waals surface area (Å²) in [4.78, 5) is 0. The Morgan fingerprint density at radius 2 is 2.19 bits per heavy atom. The van der Waals surface area contributed by atoms with Crippen molar-refractivity contribution < 1.29 is 0 Å². The predicted molar refractivity (Wildman–Crippen MR) is 70.6 cm³/mol. The van der Waals surface area contributed by atoms with Crippen molar-refractivity contribution in [1.82, 2.24) is 10.2 Å². The summed E-state index contributed by atoms with van der Waals surface area (Å²) in [5.41, 5.74) is 0.785. The summed E-state index contributed by atoms with van der Waals surface area (Å²) in [5, 5.41) is 12.3. The van der Waals surface area contributed by atoms with Crippen LogP contribution in [0.1, 0.15) is 19.3 Å². The van der Waals surface area contributed by atoms with Crippen LogP contribution in [0.3, 0.4) is 0 Å². The third kappa shape index (κ3) is 2.73. The normalized spacial score (nSPS) is 24.7. The maximum atomic E-state index is 5.96. The van der Waals surface area contributed by atoms with Gasteiger partial charge in [0.15, 0.2) is 10.3 Å². The molecule has 1 saturated carbocycles. The Balaban J connectivity index is 2.11. The first kappa shape index (κ1) is 12.3. The highest BCUT2D eigenvalue weighted by molar-refractivity contribution is 7.99. The van der Waals surface area contributed by atoms with Crippen LogP contribution in [-0.4, -0.2) is 27.7 Å². The number of rotatable bonds is 3. The zero-order chi connectivity index (χ0) is 11.5. The van der Waals surface area contributed by atoms with Crippen LogP contribution in [0.25, 0.3) is 0 Å². The Morgan fingerprint density at radius 3 is 2.94 bits per heavy atom. The second-order valence-electron chi connectivity index (χ2n) is 3.83. The van der Waals surface area contributed by atoms with Crippen molar-refractivity contribution in [3.8, 4) is 0 Å². The lowest BCUT2D eigenvalue weighted by molar-refractivity contribution is 0.766. The highest BCUT2D eigenvalue weighted by Gasteiger charge is 2.26. The van der Waals surface area contributed by atoms with E-state index in [2.05, 4.69) is 21.8 Å². The zero-order valence-electron chi connectivity index (χ0n) is 8.91. The standard InChI is InChI=1S/C10H13Cl2N3S/c1-16-8-4-2-3-6(8)13-7-5-9(11)14-15-10(7)12/h5-6,8H,2-4H2,1H3,(H,13,14). The van der Waals surface area contributed by atoms with E-state index >= 15 is 0 Å². The Bertz CT molecular complexity index is 375. The molecule has 0 saturated heterocycles. The van der Waals surface area contributed by atoms with Crippen molar-refractivity contribution in [2.75, 3.05) is 11.6 Å². The van der Waals surface area contributed by atoms with Gasteiger partial charge in [0.2, 0.25) is 0 Å². The monoisotopic (exact) mass is 277 g/mol. The van der Waals surface area contributed by atoms with Crippen LogP contribution >= 0.6 is 35.0 Å². The average Bonchev–Trinajstić information content (AvgIpc) is 2.71. The Labute approximate surface area is 109 Å². The molecule has 2 unspecified atom stereocenters. The summed E-state index contributed by atoms with van der Waals surface area (Å²) in [6, 6.07) is 2.18. The molecule has 1 heterocycles. The summed E-state index contributed by atoms with van der Waals surface area (Å²) < 4.78 is 0. The minimum atomic E-state index is 0.366. The van der Waals surface area contributed by atoms with Crippen molar-refractivity contribution in [3.05, 3.63) is 16.4 Å². The fourth-order valence-electron chi connectivity index (χ4n) is 2.03. The maximum absolute atomic E-state index is 5.96. The van der Waals surface area contributed by atoms with Crippen LogP contribution in [0.5, 0.6) is 0 Å². The molecule has 0 bridgehead atoms. The number of thioether (sulfide) groups is 1. The second kappa shape index (κ2) is 5.43. The lowest BCUT2D eigenvalue weighted by Gasteiger charge is -2.20. The molecule has 0 amide bonds. The molecular weight excluding hydrogens is 265 g/mol. The molecule has 1 N–H and O–H groups in total. The van der Waals surface area contributed by atoms with Gasteiger partial charge in [-0.2, -0.15) is 11.8 Å². The quantitative estimate of drug-likeness (QED) is 0.918. The van der Waals surface area contributed by atoms with Crippen LogP contribution in [-0.2, 0) is 0 Å². The van der Waals surface area contributed by atoms with Crippen molar-refractivity contribution in [2.24, 2.45) is 0 Å². The second-order valence-corrected chi connectivity index (χ2v) is 5.65. The largest absolute Gasteiger partial charge is 0.379 e. The zero-order valence-corrected chi connectivity index (χ0v) is 11.2. The van der Waals surface area contributed by atoms with E-state index in [9.17, 15) is 0 Å². The minimum Gasteiger partial charge on any atom is -0.379 e. The molecule has 2 atom stereocenters. The van der Waals surface area contributed by atoms with Gasteiger partial charge in [-0.25, -0.2) is 0 Å². The van der Waals surface area contributed by atoms with Crippen LogP contribution in [0.4, 0.5) is 5.69 Å². The first-order valence-corrected chi connectivity index (χ1v) is 7.23. The van der Waals surface area contributed by atoms with Gasteiger partial charge in [-0.15, -0.1) is 10.2 Å². The molecule has 1 aromatic rings. The van der Waals surface area contributed by atoms with E-state index in [1.807, 2.05) is 11.8 Å². The topological polar surface area (TPSA) is 37.8 Å². The fourth-order valence-corrected chi connectivity index (χ4v) is 3.26. The lowest BCUT2D eigenvalue weighted by atomic mass is 10.2. The van der Waals surface area contributed by atoms with Gasteiger partial charge in [0, 0.05) is 17.4 Å². The number of hydrogen-bond acceptors (Lipinski definition) is 4. The molecule has 3 nitrogen and oxygen atoms in total. The first-order chi connectivity index (χ1) is 7.70. The SMILES string of the molecule is CSC1CCCC1Nc1cc(Cl)nnc1Cl. The van der Waals surface area contributed by atoms with Crippen LogP contribution in [0.15, 0.2) is 6.07 Å². The molecule has 1 fully saturated rings. The van der Waals surface area contributed by atoms with Gasteiger partial charge < -0.3 is 5.32 Å². The number of anilines is 1. The van der Waals surface area contributed by atoms with Crippen LogP contribution < -0.4 is 5.32 Å². The summed E-state index contributed by atoms with van der Waals surface area (Å²) in [7, 11) is 0. The molecular formula is C10H13Cl2N3S. The predicted octanol–water partition coefficient (Wildman–Crippen LogP) is 3.48. The maximum Gasteiger partial charge on any atom is 0.174 e. The Hall–Kier alpha value is -0.190. The smallest absolute Gasteiger partial charge is 0.174 e. The van der Waals surface area contributed by atoms with Crippen molar-refractivity contribution in [3.63, 3.8) is 0 Å². The first-order valence-electron chi connectivity index (χ1n) is 5.18. The molecule has 1 aliphatic rings. The van der Waals surface area contributed by atoms with Gasteiger partial charge in [-0.05, 0) is 19.1 Å². The summed E-state index contributed by atoms with van der Waals surface area (Å²) >= 11 is 13.7.